The van der Waals surface area contributed by atoms with Crippen LogP contribution >= 0.6 is 0 Å². The maximum Gasteiger partial charge on any atom is 0.234 e. The number of Topliss-reactive ketones (excluding diaryl/α,β-unsaturated/α-hetero) is 1. The summed E-state index contributed by atoms with van der Waals surface area (Å²) in [7, 11) is 0. The fourth-order valence-corrected chi connectivity index (χ4v) is 4.79. The van der Waals surface area contributed by atoms with Crippen molar-refractivity contribution in [3.05, 3.63) is 78.0 Å². The monoisotopic (exact) mass is 443 g/mol. The molecule has 6 heteroatoms. The van der Waals surface area contributed by atoms with E-state index >= 15 is 0 Å². The molecule has 0 amide bonds. The van der Waals surface area contributed by atoms with Crippen molar-refractivity contribution in [1.82, 2.24) is 14.5 Å². The molecule has 1 N–H and O–H groups in total. The Morgan fingerprint density at radius 3 is 2.58 bits per heavy atom. The Labute approximate surface area is 191 Å². The maximum absolute atomic E-state index is 14.1. The van der Waals surface area contributed by atoms with Crippen LogP contribution in [0.5, 0.6) is 0 Å². The number of aromatic nitrogens is 3. The van der Waals surface area contributed by atoms with Crippen LogP contribution < -0.4 is 0 Å². The molecule has 0 saturated heterocycles. The van der Waals surface area contributed by atoms with Gasteiger partial charge in [0.25, 0.3) is 0 Å². The number of nitrogens with zero attached hydrogens (tertiary/aromatic N) is 3. The van der Waals surface area contributed by atoms with E-state index in [1.807, 2.05) is 35.9 Å². The lowest BCUT2D eigenvalue weighted by atomic mass is 9.93. The third-order valence-corrected chi connectivity index (χ3v) is 6.72. The predicted octanol–water partition coefficient (Wildman–Crippen LogP) is 5.80. The van der Waals surface area contributed by atoms with E-state index in [9.17, 15) is 14.3 Å². The van der Waals surface area contributed by atoms with Gasteiger partial charge in [-0.15, -0.1) is 0 Å². The lowest BCUT2D eigenvalue weighted by Crippen LogP contribution is -2.24. The minimum absolute atomic E-state index is 0.0263. The van der Waals surface area contributed by atoms with Crippen LogP contribution in [0, 0.1) is 12.7 Å². The number of fused-ring (bicyclic) bond motifs is 1. The number of benzene rings is 2. The zero-order valence-electron chi connectivity index (χ0n) is 18.6. The van der Waals surface area contributed by atoms with Crippen molar-refractivity contribution < 1.29 is 14.3 Å². The molecule has 2 heterocycles. The van der Waals surface area contributed by atoms with Crippen LogP contribution in [-0.4, -0.2) is 31.0 Å². The Kier molecular flexibility index (Phi) is 5.54. The fourth-order valence-electron chi connectivity index (χ4n) is 4.79. The van der Waals surface area contributed by atoms with Crippen molar-refractivity contribution in [2.45, 2.75) is 51.0 Å². The third kappa shape index (κ3) is 4.18. The van der Waals surface area contributed by atoms with Gasteiger partial charge in [0.2, 0.25) is 5.95 Å². The van der Waals surface area contributed by atoms with Crippen LogP contribution in [0.3, 0.4) is 0 Å². The molecule has 5 rings (SSSR count). The number of hydrogen-bond acceptors (Lipinski definition) is 4. The van der Waals surface area contributed by atoms with Gasteiger partial charge in [-0.2, -0.15) is 0 Å². The summed E-state index contributed by atoms with van der Waals surface area (Å²) < 4.78 is 16.0. The SMILES string of the molecule is Cc1cn(-c2ncc(-c3ccccc3F)cn2)c2cc(C(=O)CCC3(O)CCCC3)ccc12. The second-order valence-corrected chi connectivity index (χ2v) is 9.02. The van der Waals surface area contributed by atoms with Crippen molar-refractivity contribution in [3.8, 4) is 17.1 Å². The highest BCUT2D eigenvalue weighted by Gasteiger charge is 2.31. The van der Waals surface area contributed by atoms with Gasteiger partial charge in [-0.1, -0.05) is 43.2 Å². The molecular weight excluding hydrogens is 417 g/mol. The normalized spacial score (nSPS) is 15.2. The van der Waals surface area contributed by atoms with Crippen molar-refractivity contribution in [1.29, 1.82) is 0 Å². The fraction of sp³-hybridized carbons (Fsp3) is 0.296. The van der Waals surface area contributed by atoms with Crippen molar-refractivity contribution in [3.63, 3.8) is 0 Å². The third-order valence-electron chi connectivity index (χ3n) is 6.72. The second kappa shape index (κ2) is 8.52. The van der Waals surface area contributed by atoms with Crippen molar-refractivity contribution >= 4 is 16.7 Å². The lowest BCUT2D eigenvalue weighted by molar-refractivity contribution is 0.0358. The van der Waals surface area contributed by atoms with Crippen molar-refractivity contribution in [2.75, 3.05) is 0 Å². The number of hydrogen-bond donors (Lipinski definition) is 1. The topological polar surface area (TPSA) is 68.0 Å². The van der Waals surface area contributed by atoms with Crippen molar-refractivity contribution in [2.24, 2.45) is 0 Å². The number of aliphatic hydroxyl groups is 1. The van der Waals surface area contributed by atoms with Crippen LogP contribution in [-0.2, 0) is 0 Å². The molecule has 1 saturated carbocycles. The summed E-state index contributed by atoms with van der Waals surface area (Å²) in [5, 5.41) is 11.6. The molecule has 1 fully saturated rings. The van der Waals surface area contributed by atoms with Crippen LogP contribution in [0.2, 0.25) is 0 Å². The van der Waals surface area contributed by atoms with Crippen LogP contribution in [0.15, 0.2) is 61.1 Å². The Bertz CT molecular complexity index is 1320. The molecule has 1 aliphatic carbocycles. The van der Waals surface area contributed by atoms with E-state index in [1.165, 1.54) is 6.07 Å². The smallest absolute Gasteiger partial charge is 0.234 e. The number of aryl methyl sites for hydroxylation is 1. The molecule has 0 bridgehead atoms. The van der Waals surface area contributed by atoms with E-state index in [-0.39, 0.29) is 11.6 Å². The Morgan fingerprint density at radius 2 is 1.85 bits per heavy atom. The number of ketones is 1. The first-order valence-corrected chi connectivity index (χ1v) is 11.4. The summed E-state index contributed by atoms with van der Waals surface area (Å²) >= 11 is 0. The molecular formula is C27H26FN3O2. The van der Waals surface area contributed by atoms with E-state index < -0.39 is 5.60 Å². The van der Waals surface area contributed by atoms with E-state index in [0.29, 0.717) is 35.5 Å². The zero-order chi connectivity index (χ0) is 23.0. The molecule has 1 aliphatic rings. The van der Waals surface area contributed by atoms with E-state index in [4.69, 9.17) is 0 Å². The highest BCUT2D eigenvalue weighted by Crippen LogP contribution is 2.34. The summed E-state index contributed by atoms with van der Waals surface area (Å²) in [6.07, 6.45) is 9.61. The van der Waals surface area contributed by atoms with Gasteiger partial charge in [-0.25, -0.2) is 14.4 Å². The highest BCUT2D eigenvalue weighted by atomic mass is 19.1. The Hall–Kier alpha value is -3.38. The van der Waals surface area contributed by atoms with Gasteiger partial charge in [0.15, 0.2) is 5.78 Å². The number of carbonyl (C=O) groups is 1. The zero-order valence-corrected chi connectivity index (χ0v) is 18.6. The molecule has 0 unspecified atom stereocenters. The number of rotatable bonds is 6. The summed E-state index contributed by atoms with van der Waals surface area (Å²) in [5.41, 5.74) is 2.87. The molecule has 5 nitrogen and oxygen atoms in total. The Morgan fingerprint density at radius 1 is 1.12 bits per heavy atom. The highest BCUT2D eigenvalue weighted by molar-refractivity contribution is 6.00. The molecule has 0 radical (unpaired) electrons. The predicted molar refractivity (Wildman–Crippen MR) is 126 cm³/mol. The average molecular weight is 444 g/mol. The lowest BCUT2D eigenvalue weighted by Gasteiger charge is -2.21. The van der Waals surface area contributed by atoms with Crippen LogP contribution in [0.1, 0.15) is 54.4 Å². The molecule has 4 aromatic rings. The average Bonchev–Trinajstić information content (AvgIpc) is 3.41. The second-order valence-electron chi connectivity index (χ2n) is 9.02. The van der Waals surface area contributed by atoms with E-state index in [2.05, 4.69) is 9.97 Å². The van der Waals surface area contributed by atoms with Crippen LogP contribution in [0.4, 0.5) is 4.39 Å². The van der Waals surface area contributed by atoms with Gasteiger partial charge >= 0.3 is 0 Å². The molecule has 0 atom stereocenters. The van der Waals surface area contributed by atoms with E-state index in [0.717, 1.165) is 42.1 Å². The van der Waals surface area contributed by atoms with Gasteiger partial charge in [0.1, 0.15) is 5.82 Å². The minimum atomic E-state index is -0.690. The van der Waals surface area contributed by atoms with Gasteiger partial charge < -0.3 is 5.11 Å². The summed E-state index contributed by atoms with van der Waals surface area (Å²) in [6.45, 7) is 2.00. The molecule has 0 aliphatic heterocycles. The first-order valence-electron chi connectivity index (χ1n) is 11.4. The summed E-state index contributed by atoms with van der Waals surface area (Å²) in [5.74, 6) is 0.165. The summed E-state index contributed by atoms with van der Waals surface area (Å²) in [6, 6.07) is 12.2. The quantitative estimate of drug-likeness (QED) is 0.382. The Balaban J connectivity index is 1.44. The first kappa shape index (κ1) is 21.5. The van der Waals surface area contributed by atoms with Gasteiger partial charge in [0, 0.05) is 47.1 Å². The summed E-state index contributed by atoms with van der Waals surface area (Å²) in [4.78, 5) is 21.8. The first-order chi connectivity index (χ1) is 15.9. The van der Waals surface area contributed by atoms with Crippen LogP contribution in [0.25, 0.3) is 28.0 Å². The standard InChI is InChI=1S/C27H26FN3O2/c1-18-17-31(26-29-15-20(16-30-26)22-6-2-3-7-23(22)28)24-14-19(8-9-21(18)24)25(32)10-13-27(33)11-4-5-12-27/h2-3,6-9,14-17,33H,4-5,10-13H2,1H3. The number of halogens is 1. The number of carbonyl (C=O) groups excluding carboxylic acids is 1. The van der Waals surface area contributed by atoms with Gasteiger partial charge in [-0.3, -0.25) is 9.36 Å². The van der Waals surface area contributed by atoms with E-state index in [1.54, 1.807) is 30.6 Å². The maximum atomic E-state index is 14.1. The molecule has 0 spiro atoms. The molecule has 2 aromatic carbocycles. The molecule has 33 heavy (non-hydrogen) atoms. The van der Waals surface area contributed by atoms with Gasteiger partial charge in [-0.05, 0) is 43.9 Å². The molecule has 2 aromatic heterocycles. The largest absolute Gasteiger partial charge is 0.390 e. The molecule has 168 valence electrons. The minimum Gasteiger partial charge on any atom is -0.390 e. The van der Waals surface area contributed by atoms with Gasteiger partial charge in [0.05, 0.1) is 11.1 Å².